The molecule has 1 N–H and O–H groups in total. The second kappa shape index (κ2) is 3.96. The number of carbonyl (C=O) groups excluding carboxylic acids is 1. The summed E-state index contributed by atoms with van der Waals surface area (Å²) in [6.07, 6.45) is 1.52. The zero-order valence-corrected chi connectivity index (χ0v) is 8.10. The molecular weight excluding hydrogens is 192 g/mol. The summed E-state index contributed by atoms with van der Waals surface area (Å²) in [6, 6.07) is 5.47. The lowest BCUT2D eigenvalue weighted by molar-refractivity contribution is -0.120. The molecule has 0 aliphatic carbocycles. The maximum Gasteiger partial charge on any atom is 0.239 e. The second-order valence-electron chi connectivity index (χ2n) is 3.29. The number of anilines is 1. The third kappa shape index (κ3) is 2.05. The van der Waals surface area contributed by atoms with Gasteiger partial charge in [0.2, 0.25) is 5.91 Å². The minimum Gasteiger partial charge on any atom is -0.353 e. The van der Waals surface area contributed by atoms with Crippen LogP contribution in [0.5, 0.6) is 0 Å². The average Bonchev–Trinajstić information content (AvgIpc) is 2.29. The Balaban J connectivity index is 2.15. The molecule has 0 spiro atoms. The van der Waals surface area contributed by atoms with E-state index in [9.17, 15) is 4.79 Å². The summed E-state index contributed by atoms with van der Waals surface area (Å²) in [5.41, 5.74) is 0.528. The number of aromatic nitrogens is 1. The smallest absolute Gasteiger partial charge is 0.239 e. The molecule has 0 unspecified atom stereocenters. The van der Waals surface area contributed by atoms with Crippen molar-refractivity contribution in [2.45, 2.75) is 0 Å². The van der Waals surface area contributed by atoms with Gasteiger partial charge in [0.15, 0.2) is 0 Å². The van der Waals surface area contributed by atoms with E-state index >= 15 is 0 Å². The molecule has 0 saturated carbocycles. The molecule has 76 valence electrons. The van der Waals surface area contributed by atoms with Gasteiger partial charge in [0.1, 0.15) is 11.9 Å². The van der Waals surface area contributed by atoms with Crippen LogP contribution in [0, 0.1) is 11.3 Å². The number of nitrogens with one attached hydrogen (secondary N) is 1. The monoisotopic (exact) mass is 202 g/mol. The van der Waals surface area contributed by atoms with E-state index in [1.807, 2.05) is 11.0 Å². The van der Waals surface area contributed by atoms with Gasteiger partial charge in [0, 0.05) is 19.3 Å². The molecule has 0 radical (unpaired) electrons. The molecule has 1 aromatic rings. The topological polar surface area (TPSA) is 69.0 Å². The van der Waals surface area contributed by atoms with Crippen LogP contribution in [0.2, 0.25) is 0 Å². The Morgan fingerprint density at radius 3 is 3.00 bits per heavy atom. The van der Waals surface area contributed by atoms with Crippen molar-refractivity contribution in [1.29, 1.82) is 5.26 Å². The van der Waals surface area contributed by atoms with Crippen molar-refractivity contribution in [2.24, 2.45) is 0 Å². The number of nitriles is 1. The number of rotatable bonds is 1. The fourth-order valence-electron chi connectivity index (χ4n) is 1.47. The maximum absolute atomic E-state index is 11.1. The Kier molecular flexibility index (Phi) is 2.50. The predicted octanol–water partition coefficient (Wildman–Crippen LogP) is -0.111. The van der Waals surface area contributed by atoms with Gasteiger partial charge in [-0.15, -0.1) is 0 Å². The molecule has 1 aromatic heterocycles. The van der Waals surface area contributed by atoms with E-state index in [4.69, 9.17) is 5.26 Å². The number of nitrogens with zero attached hydrogens (tertiary/aromatic N) is 3. The van der Waals surface area contributed by atoms with E-state index in [0.29, 0.717) is 18.7 Å². The first-order valence-electron chi connectivity index (χ1n) is 4.67. The molecule has 1 amide bonds. The molecule has 1 saturated heterocycles. The number of piperazine rings is 1. The zero-order chi connectivity index (χ0) is 10.7. The summed E-state index contributed by atoms with van der Waals surface area (Å²) in [7, 11) is 0. The minimum atomic E-state index is 0.00686. The predicted molar refractivity (Wildman–Crippen MR) is 54.2 cm³/mol. The Morgan fingerprint density at radius 2 is 2.40 bits per heavy atom. The number of pyridine rings is 1. The van der Waals surface area contributed by atoms with Crippen molar-refractivity contribution < 1.29 is 4.79 Å². The van der Waals surface area contributed by atoms with E-state index < -0.39 is 0 Å². The van der Waals surface area contributed by atoms with E-state index in [-0.39, 0.29) is 5.91 Å². The fourth-order valence-corrected chi connectivity index (χ4v) is 1.47. The third-order valence-corrected chi connectivity index (χ3v) is 2.24. The third-order valence-electron chi connectivity index (χ3n) is 2.24. The van der Waals surface area contributed by atoms with Crippen molar-refractivity contribution in [3.05, 3.63) is 23.9 Å². The summed E-state index contributed by atoms with van der Waals surface area (Å²) < 4.78 is 0. The molecule has 1 fully saturated rings. The first-order chi connectivity index (χ1) is 7.29. The normalized spacial score (nSPS) is 15.7. The minimum absolute atomic E-state index is 0.00686. The van der Waals surface area contributed by atoms with Crippen molar-refractivity contribution >= 4 is 11.7 Å². The highest BCUT2D eigenvalue weighted by Gasteiger charge is 2.16. The van der Waals surface area contributed by atoms with Crippen LogP contribution in [0.4, 0.5) is 5.82 Å². The van der Waals surface area contributed by atoms with Crippen molar-refractivity contribution in [3.8, 4) is 6.07 Å². The van der Waals surface area contributed by atoms with E-state index in [0.717, 1.165) is 12.4 Å². The lowest BCUT2D eigenvalue weighted by Gasteiger charge is -2.27. The molecule has 5 nitrogen and oxygen atoms in total. The van der Waals surface area contributed by atoms with E-state index in [1.165, 1.54) is 6.20 Å². The van der Waals surface area contributed by atoms with Gasteiger partial charge in [-0.3, -0.25) is 4.79 Å². The van der Waals surface area contributed by atoms with Gasteiger partial charge in [0.05, 0.1) is 12.1 Å². The summed E-state index contributed by atoms with van der Waals surface area (Å²) in [6.45, 7) is 1.73. The summed E-state index contributed by atoms with van der Waals surface area (Å²) >= 11 is 0. The van der Waals surface area contributed by atoms with Gasteiger partial charge >= 0.3 is 0 Å². The van der Waals surface area contributed by atoms with E-state index in [2.05, 4.69) is 10.3 Å². The van der Waals surface area contributed by atoms with Gasteiger partial charge in [-0.1, -0.05) is 0 Å². The van der Waals surface area contributed by atoms with Crippen LogP contribution >= 0.6 is 0 Å². The summed E-state index contributed by atoms with van der Waals surface area (Å²) in [5, 5.41) is 11.4. The number of carbonyl (C=O) groups is 1. The SMILES string of the molecule is N#Cc1ccc(N2CCNC(=O)C2)nc1. The molecule has 15 heavy (non-hydrogen) atoms. The molecule has 0 bridgehead atoms. The molecule has 0 atom stereocenters. The van der Waals surface area contributed by atoms with Crippen LogP contribution in [0.15, 0.2) is 18.3 Å². The molecule has 2 heterocycles. The molecule has 1 aliphatic heterocycles. The number of hydrogen-bond donors (Lipinski definition) is 1. The largest absolute Gasteiger partial charge is 0.353 e. The zero-order valence-electron chi connectivity index (χ0n) is 8.10. The Bertz CT molecular complexity index is 406. The standard InChI is InChI=1S/C10H10N4O/c11-5-8-1-2-9(13-6-8)14-4-3-12-10(15)7-14/h1-2,6H,3-4,7H2,(H,12,15). The van der Waals surface area contributed by atoms with Crippen LogP contribution in [0.1, 0.15) is 5.56 Å². The fraction of sp³-hybridized carbons (Fsp3) is 0.300. The van der Waals surface area contributed by atoms with Crippen LogP contribution < -0.4 is 10.2 Å². The Labute approximate surface area is 87.3 Å². The van der Waals surface area contributed by atoms with Gasteiger partial charge in [-0.2, -0.15) is 5.26 Å². The average molecular weight is 202 g/mol. The lowest BCUT2D eigenvalue weighted by atomic mass is 10.3. The molecule has 5 heteroatoms. The van der Waals surface area contributed by atoms with Crippen LogP contribution in [0.25, 0.3) is 0 Å². The van der Waals surface area contributed by atoms with Crippen LogP contribution in [0.3, 0.4) is 0 Å². The van der Waals surface area contributed by atoms with Crippen molar-refractivity contribution in [1.82, 2.24) is 10.3 Å². The molecular formula is C10H10N4O. The van der Waals surface area contributed by atoms with Crippen molar-refractivity contribution in [3.63, 3.8) is 0 Å². The highest BCUT2D eigenvalue weighted by Crippen LogP contribution is 2.11. The Morgan fingerprint density at radius 1 is 1.53 bits per heavy atom. The van der Waals surface area contributed by atoms with Gasteiger partial charge < -0.3 is 10.2 Å². The van der Waals surface area contributed by atoms with Gasteiger partial charge in [0.25, 0.3) is 0 Å². The van der Waals surface area contributed by atoms with Crippen molar-refractivity contribution in [2.75, 3.05) is 24.5 Å². The highest BCUT2D eigenvalue weighted by atomic mass is 16.2. The molecule has 0 aromatic carbocycles. The van der Waals surface area contributed by atoms with Gasteiger partial charge in [-0.05, 0) is 12.1 Å². The summed E-state index contributed by atoms with van der Waals surface area (Å²) in [5.74, 6) is 0.747. The van der Waals surface area contributed by atoms with E-state index in [1.54, 1.807) is 12.1 Å². The number of amides is 1. The van der Waals surface area contributed by atoms with Gasteiger partial charge in [-0.25, -0.2) is 4.98 Å². The second-order valence-corrected chi connectivity index (χ2v) is 3.29. The molecule has 1 aliphatic rings. The highest BCUT2D eigenvalue weighted by molar-refractivity contribution is 5.82. The summed E-state index contributed by atoms with van der Waals surface area (Å²) in [4.78, 5) is 17.2. The number of hydrogen-bond acceptors (Lipinski definition) is 4. The first-order valence-corrected chi connectivity index (χ1v) is 4.67. The molecule has 2 rings (SSSR count). The quantitative estimate of drug-likeness (QED) is 0.689. The Hall–Kier alpha value is -2.09. The lowest BCUT2D eigenvalue weighted by Crippen LogP contribution is -2.48. The maximum atomic E-state index is 11.1. The van der Waals surface area contributed by atoms with Crippen LogP contribution in [-0.2, 0) is 4.79 Å². The van der Waals surface area contributed by atoms with Crippen LogP contribution in [-0.4, -0.2) is 30.5 Å². The first kappa shape index (κ1) is 9.46.